The number of hydrogen-bond donors (Lipinski definition) is 0. The van der Waals surface area contributed by atoms with Crippen LogP contribution in [0.3, 0.4) is 0 Å². The van der Waals surface area contributed by atoms with Gasteiger partial charge in [0.2, 0.25) is 0 Å². The molecule has 2 aromatic rings. The molecule has 1 aromatic carbocycles. The molecule has 2 nitrogen and oxygen atoms in total. The van der Waals surface area contributed by atoms with Gasteiger partial charge in [-0.1, -0.05) is 24.6 Å². The van der Waals surface area contributed by atoms with Crippen LogP contribution in [0.15, 0.2) is 36.7 Å². The molecule has 0 amide bonds. The summed E-state index contributed by atoms with van der Waals surface area (Å²) in [6, 6.07) is 8.63. The van der Waals surface area contributed by atoms with Crippen LogP contribution in [0.4, 0.5) is 0 Å². The Morgan fingerprint density at radius 1 is 1.12 bits per heavy atom. The van der Waals surface area contributed by atoms with Gasteiger partial charge in [-0.05, 0) is 25.5 Å². The molecule has 0 aliphatic carbocycles. The highest BCUT2D eigenvalue weighted by atomic mass is 79.9. The largest absolute Gasteiger partial charge is 1.00 e. The average molecular weight is 295 g/mol. The molecular weight excluding hydrogens is 276 g/mol. The summed E-state index contributed by atoms with van der Waals surface area (Å²) in [4.78, 5) is 0. The second kappa shape index (κ2) is 6.01. The highest BCUT2D eigenvalue weighted by molar-refractivity contribution is 5.34. The van der Waals surface area contributed by atoms with Crippen LogP contribution >= 0.6 is 0 Å². The lowest BCUT2D eigenvalue weighted by Crippen LogP contribution is -3.00. The number of imidazole rings is 1. The zero-order chi connectivity index (χ0) is 11.5. The zero-order valence-corrected chi connectivity index (χ0v) is 12.2. The van der Waals surface area contributed by atoms with Gasteiger partial charge in [0.05, 0.1) is 6.54 Å². The van der Waals surface area contributed by atoms with Crippen molar-refractivity contribution in [3.8, 4) is 5.69 Å². The Bertz CT molecular complexity index is 471. The first-order chi connectivity index (χ1) is 7.72. The molecule has 2 rings (SSSR count). The third kappa shape index (κ3) is 2.97. The van der Waals surface area contributed by atoms with Crippen molar-refractivity contribution in [2.45, 2.75) is 33.7 Å². The Balaban J connectivity index is 0.00000144. The van der Waals surface area contributed by atoms with Crippen molar-refractivity contribution in [3.63, 3.8) is 0 Å². The lowest BCUT2D eigenvalue weighted by Gasteiger charge is -2.00. The van der Waals surface area contributed by atoms with Gasteiger partial charge in [-0.3, -0.25) is 0 Å². The maximum Gasteiger partial charge on any atom is 0.258 e. The van der Waals surface area contributed by atoms with E-state index in [1.165, 1.54) is 23.5 Å². The molecule has 0 spiro atoms. The van der Waals surface area contributed by atoms with E-state index in [1.807, 2.05) is 0 Å². The van der Waals surface area contributed by atoms with Crippen molar-refractivity contribution >= 4 is 0 Å². The minimum Gasteiger partial charge on any atom is -1.00 e. The molecule has 0 aliphatic rings. The molecule has 0 N–H and O–H groups in total. The van der Waals surface area contributed by atoms with Crippen LogP contribution in [0.5, 0.6) is 0 Å². The van der Waals surface area contributed by atoms with Gasteiger partial charge in [0.25, 0.3) is 5.82 Å². The summed E-state index contributed by atoms with van der Waals surface area (Å²) >= 11 is 0. The molecule has 92 valence electrons. The summed E-state index contributed by atoms with van der Waals surface area (Å²) in [7, 11) is 0. The van der Waals surface area contributed by atoms with E-state index in [0.717, 1.165) is 6.54 Å². The molecule has 0 fully saturated rings. The molecule has 0 unspecified atom stereocenters. The Morgan fingerprint density at radius 3 is 2.35 bits per heavy atom. The van der Waals surface area contributed by atoms with Crippen molar-refractivity contribution in [2.24, 2.45) is 0 Å². The van der Waals surface area contributed by atoms with Crippen molar-refractivity contribution in [1.82, 2.24) is 4.57 Å². The monoisotopic (exact) mass is 294 g/mol. The van der Waals surface area contributed by atoms with Crippen molar-refractivity contribution in [1.29, 1.82) is 0 Å². The predicted octanol–water partition coefficient (Wildman–Crippen LogP) is -0.204. The van der Waals surface area contributed by atoms with Crippen LogP contribution in [0.25, 0.3) is 5.69 Å². The lowest BCUT2D eigenvalue weighted by atomic mass is 10.2. The maximum atomic E-state index is 2.29. The summed E-state index contributed by atoms with van der Waals surface area (Å²) in [5.41, 5.74) is 2.54. The highest BCUT2D eigenvalue weighted by Crippen LogP contribution is 2.10. The van der Waals surface area contributed by atoms with E-state index in [1.54, 1.807) is 0 Å². The topological polar surface area (TPSA) is 8.81 Å². The predicted molar refractivity (Wildman–Crippen MR) is 65.7 cm³/mol. The van der Waals surface area contributed by atoms with E-state index < -0.39 is 0 Å². The zero-order valence-electron chi connectivity index (χ0n) is 10.7. The second-order valence-electron chi connectivity index (χ2n) is 4.24. The van der Waals surface area contributed by atoms with Crippen LogP contribution in [0.2, 0.25) is 0 Å². The molecule has 0 saturated carbocycles. The van der Waals surface area contributed by atoms with Gasteiger partial charge in [-0.25, -0.2) is 9.13 Å². The van der Waals surface area contributed by atoms with E-state index >= 15 is 0 Å². The number of benzene rings is 1. The third-order valence-corrected chi connectivity index (χ3v) is 2.94. The van der Waals surface area contributed by atoms with Crippen LogP contribution in [-0.2, 0) is 6.54 Å². The van der Waals surface area contributed by atoms with Gasteiger partial charge in [0, 0.05) is 6.92 Å². The van der Waals surface area contributed by atoms with Gasteiger partial charge in [0.15, 0.2) is 0 Å². The standard InChI is InChI=1S/C14H19N2.BrH/c1-4-9-15-10-11-16(13(15)3)14-7-5-12(2)6-8-14;/h5-8,10-11H,4,9H2,1-3H3;1H/q+1;/p-1. The van der Waals surface area contributed by atoms with E-state index in [0.29, 0.717) is 0 Å². The first-order valence-electron chi connectivity index (χ1n) is 5.87. The van der Waals surface area contributed by atoms with Gasteiger partial charge >= 0.3 is 0 Å². The Kier molecular flexibility index (Phi) is 4.94. The summed E-state index contributed by atoms with van der Waals surface area (Å²) in [5, 5.41) is 0. The van der Waals surface area contributed by atoms with E-state index in [9.17, 15) is 0 Å². The summed E-state index contributed by atoms with van der Waals surface area (Å²) in [6.07, 6.45) is 5.46. The van der Waals surface area contributed by atoms with Gasteiger partial charge in [0.1, 0.15) is 18.1 Å². The molecule has 17 heavy (non-hydrogen) atoms. The molecule has 0 saturated heterocycles. The highest BCUT2D eigenvalue weighted by Gasteiger charge is 2.12. The van der Waals surface area contributed by atoms with Crippen LogP contribution < -0.4 is 21.5 Å². The fourth-order valence-corrected chi connectivity index (χ4v) is 1.96. The number of halogens is 1. The minimum atomic E-state index is 0. The molecule has 0 aliphatic heterocycles. The van der Waals surface area contributed by atoms with Crippen molar-refractivity contribution in [3.05, 3.63) is 48.0 Å². The van der Waals surface area contributed by atoms with E-state index in [-0.39, 0.29) is 17.0 Å². The Hall–Kier alpha value is -1.09. The fourth-order valence-electron chi connectivity index (χ4n) is 1.96. The second-order valence-corrected chi connectivity index (χ2v) is 4.24. The number of aromatic nitrogens is 2. The van der Waals surface area contributed by atoms with Crippen LogP contribution in [0, 0.1) is 13.8 Å². The van der Waals surface area contributed by atoms with Gasteiger partial charge in [-0.15, -0.1) is 0 Å². The molecular formula is C14H19BrN2. The van der Waals surface area contributed by atoms with Crippen molar-refractivity contribution < 1.29 is 21.5 Å². The van der Waals surface area contributed by atoms with Crippen LogP contribution in [-0.4, -0.2) is 4.57 Å². The molecule has 0 atom stereocenters. The third-order valence-electron chi connectivity index (χ3n) is 2.94. The molecule has 3 heteroatoms. The summed E-state index contributed by atoms with van der Waals surface area (Å²) < 4.78 is 4.52. The number of aryl methyl sites for hydroxylation is 2. The molecule has 1 aromatic heterocycles. The smallest absolute Gasteiger partial charge is 0.258 e. The Morgan fingerprint density at radius 2 is 1.76 bits per heavy atom. The fraction of sp³-hybridized carbons (Fsp3) is 0.357. The SMILES string of the molecule is CCC[n+]1ccn(-c2ccc(C)cc2)c1C.[Br-]. The van der Waals surface area contributed by atoms with Crippen molar-refractivity contribution in [2.75, 3.05) is 0 Å². The lowest BCUT2D eigenvalue weighted by molar-refractivity contribution is -0.702. The summed E-state index contributed by atoms with van der Waals surface area (Å²) in [5.74, 6) is 1.28. The molecule has 0 radical (unpaired) electrons. The number of nitrogens with zero attached hydrogens (tertiary/aromatic N) is 2. The van der Waals surface area contributed by atoms with Crippen LogP contribution in [0.1, 0.15) is 24.7 Å². The van der Waals surface area contributed by atoms with E-state index in [4.69, 9.17) is 0 Å². The first-order valence-corrected chi connectivity index (χ1v) is 5.87. The molecule has 0 bridgehead atoms. The first kappa shape index (κ1) is 14.0. The van der Waals surface area contributed by atoms with E-state index in [2.05, 4.69) is 66.6 Å². The Labute approximate surface area is 114 Å². The average Bonchev–Trinajstić information content (AvgIpc) is 2.63. The summed E-state index contributed by atoms with van der Waals surface area (Å²) in [6.45, 7) is 7.57. The molecule has 1 heterocycles. The normalized spacial score (nSPS) is 10.1. The number of hydrogen-bond acceptors (Lipinski definition) is 0. The number of rotatable bonds is 3. The van der Waals surface area contributed by atoms with Gasteiger partial charge < -0.3 is 17.0 Å². The quantitative estimate of drug-likeness (QED) is 0.693. The maximum absolute atomic E-state index is 2.29. The van der Waals surface area contributed by atoms with Gasteiger partial charge in [-0.2, -0.15) is 0 Å². The minimum absolute atomic E-state index is 0.